The third kappa shape index (κ3) is 4.87. The number of hydrogen-bond donors (Lipinski definition) is 1. The third-order valence-corrected chi connectivity index (χ3v) is 4.70. The molecule has 27 heavy (non-hydrogen) atoms. The largest absolute Gasteiger partial charge is 0.493 e. The van der Waals surface area contributed by atoms with Crippen LogP contribution in [0.1, 0.15) is 35.3 Å². The molecule has 2 heterocycles. The van der Waals surface area contributed by atoms with Gasteiger partial charge in [0.2, 0.25) is 0 Å². The summed E-state index contributed by atoms with van der Waals surface area (Å²) in [6.07, 6.45) is 7.56. The third-order valence-electron chi connectivity index (χ3n) is 4.70. The lowest BCUT2D eigenvalue weighted by molar-refractivity contribution is 0.0949. The number of methoxy groups -OCH3 is 2. The van der Waals surface area contributed by atoms with Gasteiger partial charge in [0.05, 0.1) is 26.6 Å². The zero-order valence-corrected chi connectivity index (χ0v) is 15.9. The number of carbonyl (C=O) groups is 1. The maximum Gasteiger partial charge on any atom is 0.271 e. The fourth-order valence-corrected chi connectivity index (χ4v) is 3.17. The molecule has 1 aromatic carbocycles. The Bertz CT molecular complexity index is 758. The highest BCUT2D eigenvalue weighted by atomic mass is 16.5. The molecule has 7 nitrogen and oxygen atoms in total. The predicted octanol–water partition coefficient (Wildman–Crippen LogP) is 2.46. The molecular weight excluding hydrogens is 344 g/mol. The van der Waals surface area contributed by atoms with Gasteiger partial charge >= 0.3 is 0 Å². The molecule has 1 N–H and O–H groups in total. The standard InChI is InChI=1S/C20H26N4O3/c1-26-17-7-6-15(12-18(17)27-2)8-9-21-20(25)16-13-23-19(14-22-16)24-10-4-3-5-11-24/h6-7,12-14H,3-5,8-11H2,1-2H3,(H,21,25). The van der Waals surface area contributed by atoms with E-state index in [4.69, 9.17) is 9.47 Å². The summed E-state index contributed by atoms with van der Waals surface area (Å²) in [6, 6.07) is 5.74. The summed E-state index contributed by atoms with van der Waals surface area (Å²) >= 11 is 0. The highest BCUT2D eigenvalue weighted by Crippen LogP contribution is 2.27. The van der Waals surface area contributed by atoms with E-state index in [-0.39, 0.29) is 5.91 Å². The highest BCUT2D eigenvalue weighted by Gasteiger charge is 2.14. The van der Waals surface area contributed by atoms with Gasteiger partial charge < -0.3 is 19.7 Å². The van der Waals surface area contributed by atoms with Gasteiger partial charge in [-0.2, -0.15) is 0 Å². The number of ether oxygens (including phenoxy) is 2. The Morgan fingerprint density at radius 3 is 2.52 bits per heavy atom. The molecular formula is C20H26N4O3. The van der Waals surface area contributed by atoms with E-state index >= 15 is 0 Å². The quantitative estimate of drug-likeness (QED) is 0.807. The first-order valence-electron chi connectivity index (χ1n) is 9.27. The van der Waals surface area contributed by atoms with Gasteiger partial charge in [-0.25, -0.2) is 9.97 Å². The zero-order chi connectivity index (χ0) is 19.1. The van der Waals surface area contributed by atoms with Crippen molar-refractivity contribution in [3.05, 3.63) is 41.9 Å². The number of benzene rings is 1. The number of aromatic nitrogens is 2. The van der Waals surface area contributed by atoms with Gasteiger partial charge in [-0.3, -0.25) is 4.79 Å². The summed E-state index contributed by atoms with van der Waals surface area (Å²) in [6.45, 7) is 2.51. The van der Waals surface area contributed by atoms with E-state index in [2.05, 4.69) is 20.2 Å². The lowest BCUT2D eigenvalue weighted by Gasteiger charge is -2.27. The average molecular weight is 370 g/mol. The van der Waals surface area contributed by atoms with Gasteiger partial charge in [0.25, 0.3) is 5.91 Å². The summed E-state index contributed by atoms with van der Waals surface area (Å²) in [5, 5.41) is 2.89. The van der Waals surface area contributed by atoms with Crippen molar-refractivity contribution in [3.63, 3.8) is 0 Å². The fraction of sp³-hybridized carbons (Fsp3) is 0.450. The van der Waals surface area contributed by atoms with Crippen LogP contribution in [0.5, 0.6) is 11.5 Å². The summed E-state index contributed by atoms with van der Waals surface area (Å²) < 4.78 is 10.5. The van der Waals surface area contributed by atoms with E-state index in [1.807, 2.05) is 18.2 Å². The summed E-state index contributed by atoms with van der Waals surface area (Å²) in [5.74, 6) is 2.00. The first-order valence-corrected chi connectivity index (χ1v) is 9.27. The second-order valence-electron chi connectivity index (χ2n) is 6.50. The minimum absolute atomic E-state index is 0.215. The first-order chi connectivity index (χ1) is 13.2. The van der Waals surface area contributed by atoms with Crippen molar-refractivity contribution in [2.45, 2.75) is 25.7 Å². The van der Waals surface area contributed by atoms with Crippen LogP contribution in [0.3, 0.4) is 0 Å². The molecule has 144 valence electrons. The van der Waals surface area contributed by atoms with E-state index in [1.165, 1.54) is 19.3 Å². The van der Waals surface area contributed by atoms with Gasteiger partial charge in [0.1, 0.15) is 11.5 Å². The zero-order valence-electron chi connectivity index (χ0n) is 15.9. The van der Waals surface area contributed by atoms with Gasteiger partial charge in [0, 0.05) is 19.6 Å². The number of anilines is 1. The van der Waals surface area contributed by atoms with E-state index in [0.29, 0.717) is 30.2 Å². The summed E-state index contributed by atoms with van der Waals surface area (Å²) in [4.78, 5) is 23.2. The van der Waals surface area contributed by atoms with Crippen LogP contribution in [0.25, 0.3) is 0 Å². The van der Waals surface area contributed by atoms with Crippen LogP contribution in [0, 0.1) is 0 Å². The minimum atomic E-state index is -0.215. The van der Waals surface area contributed by atoms with Crippen molar-refractivity contribution >= 4 is 11.7 Å². The molecule has 1 saturated heterocycles. The number of amides is 1. The van der Waals surface area contributed by atoms with Crippen molar-refractivity contribution in [3.8, 4) is 11.5 Å². The van der Waals surface area contributed by atoms with Crippen LogP contribution in [-0.2, 0) is 6.42 Å². The molecule has 1 fully saturated rings. The normalized spacial score (nSPS) is 13.9. The monoisotopic (exact) mass is 370 g/mol. The molecule has 0 atom stereocenters. The Hall–Kier alpha value is -2.83. The summed E-state index contributed by atoms with van der Waals surface area (Å²) in [7, 11) is 3.21. The molecule has 1 amide bonds. The van der Waals surface area contributed by atoms with Crippen molar-refractivity contribution in [1.82, 2.24) is 15.3 Å². The molecule has 0 saturated carbocycles. The van der Waals surface area contributed by atoms with Gasteiger partial charge in [-0.05, 0) is 43.4 Å². The molecule has 1 aromatic heterocycles. The maximum absolute atomic E-state index is 12.3. The van der Waals surface area contributed by atoms with Crippen LogP contribution in [0.2, 0.25) is 0 Å². The van der Waals surface area contributed by atoms with Crippen molar-refractivity contribution in [2.24, 2.45) is 0 Å². The molecule has 2 aromatic rings. The van der Waals surface area contributed by atoms with E-state index in [0.717, 1.165) is 24.5 Å². The van der Waals surface area contributed by atoms with Crippen LogP contribution >= 0.6 is 0 Å². The molecule has 3 rings (SSSR count). The van der Waals surface area contributed by atoms with Crippen LogP contribution < -0.4 is 19.7 Å². The average Bonchev–Trinajstić information content (AvgIpc) is 2.74. The lowest BCUT2D eigenvalue weighted by atomic mass is 10.1. The van der Waals surface area contributed by atoms with Crippen molar-refractivity contribution in [1.29, 1.82) is 0 Å². The SMILES string of the molecule is COc1ccc(CCNC(=O)c2cnc(N3CCCCC3)cn2)cc1OC. The van der Waals surface area contributed by atoms with E-state index in [9.17, 15) is 4.79 Å². The maximum atomic E-state index is 12.3. The van der Waals surface area contributed by atoms with Gasteiger partial charge in [-0.1, -0.05) is 6.07 Å². The smallest absolute Gasteiger partial charge is 0.271 e. The second kappa shape index (κ2) is 9.21. The van der Waals surface area contributed by atoms with Gasteiger partial charge in [0.15, 0.2) is 11.5 Å². The number of rotatable bonds is 7. The number of hydrogen-bond acceptors (Lipinski definition) is 6. The Labute approximate surface area is 159 Å². The van der Waals surface area contributed by atoms with Crippen LogP contribution in [0.15, 0.2) is 30.6 Å². The number of carbonyl (C=O) groups excluding carboxylic acids is 1. The number of nitrogens with one attached hydrogen (secondary N) is 1. The lowest BCUT2D eigenvalue weighted by Crippen LogP contribution is -2.31. The molecule has 7 heteroatoms. The molecule has 0 spiro atoms. The first kappa shape index (κ1) is 18.9. The number of piperidine rings is 1. The van der Waals surface area contributed by atoms with Crippen LogP contribution in [0.4, 0.5) is 5.82 Å². The fourth-order valence-electron chi connectivity index (χ4n) is 3.17. The van der Waals surface area contributed by atoms with E-state index in [1.54, 1.807) is 26.6 Å². The van der Waals surface area contributed by atoms with Crippen molar-refractivity contribution < 1.29 is 14.3 Å². The molecule has 0 bridgehead atoms. The minimum Gasteiger partial charge on any atom is -0.493 e. The Kier molecular flexibility index (Phi) is 6.46. The van der Waals surface area contributed by atoms with Crippen LogP contribution in [-0.4, -0.2) is 49.7 Å². The predicted molar refractivity (Wildman–Crippen MR) is 104 cm³/mol. The molecule has 1 aliphatic heterocycles. The Morgan fingerprint density at radius 2 is 1.85 bits per heavy atom. The van der Waals surface area contributed by atoms with Crippen molar-refractivity contribution in [2.75, 3.05) is 38.8 Å². The molecule has 1 aliphatic rings. The molecule has 0 radical (unpaired) electrons. The Balaban J connectivity index is 1.52. The topological polar surface area (TPSA) is 76.6 Å². The summed E-state index contributed by atoms with van der Waals surface area (Å²) in [5.41, 5.74) is 1.39. The van der Waals surface area contributed by atoms with Gasteiger partial charge in [-0.15, -0.1) is 0 Å². The second-order valence-corrected chi connectivity index (χ2v) is 6.50. The molecule has 0 aliphatic carbocycles. The molecule has 0 unspecified atom stereocenters. The number of nitrogens with zero attached hydrogens (tertiary/aromatic N) is 3. The van der Waals surface area contributed by atoms with E-state index < -0.39 is 0 Å². The highest BCUT2D eigenvalue weighted by molar-refractivity contribution is 5.92. The Morgan fingerprint density at radius 1 is 1.07 bits per heavy atom.